The molecule has 3 rings (SSSR count). The van der Waals surface area contributed by atoms with Crippen LogP contribution in [0.1, 0.15) is 31.7 Å². The molecule has 100 valence electrons. The van der Waals surface area contributed by atoms with E-state index in [1.807, 2.05) is 30.6 Å². The number of ether oxygens (including phenoxy) is 1. The summed E-state index contributed by atoms with van der Waals surface area (Å²) in [5.41, 5.74) is 7.21. The van der Waals surface area contributed by atoms with E-state index in [0.717, 1.165) is 36.7 Å². The van der Waals surface area contributed by atoms with Gasteiger partial charge >= 0.3 is 6.09 Å². The van der Waals surface area contributed by atoms with Crippen molar-refractivity contribution in [2.45, 2.75) is 37.8 Å². The number of hydrogen-bond donors (Lipinski definition) is 1. The van der Waals surface area contributed by atoms with E-state index in [9.17, 15) is 4.79 Å². The molecule has 1 fully saturated rings. The van der Waals surface area contributed by atoms with Crippen molar-refractivity contribution in [3.05, 3.63) is 30.6 Å². The van der Waals surface area contributed by atoms with E-state index in [1.165, 1.54) is 0 Å². The Labute approximate surface area is 111 Å². The summed E-state index contributed by atoms with van der Waals surface area (Å²) < 4.78 is 7.38. The lowest BCUT2D eigenvalue weighted by Crippen LogP contribution is -2.33. The summed E-state index contributed by atoms with van der Waals surface area (Å²) in [6.45, 7) is 0. The first-order valence-electron chi connectivity index (χ1n) is 6.63. The fraction of sp³-hybridized carbons (Fsp3) is 0.429. The zero-order valence-corrected chi connectivity index (χ0v) is 10.7. The summed E-state index contributed by atoms with van der Waals surface area (Å²) in [6, 6.07) is 8.12. The standard InChI is InChI=1S/C14H17N3O2/c15-14(18)19-13-8-4-3-7-12(13)17-9-16-10-5-1-2-6-11(10)17/h1-2,5-6,9,12-13H,3-4,7-8H2,(H2,15,18)/t12-,13-/m1/s1. The van der Waals surface area contributed by atoms with Crippen LogP contribution in [-0.4, -0.2) is 21.7 Å². The van der Waals surface area contributed by atoms with Gasteiger partial charge in [-0.1, -0.05) is 18.6 Å². The van der Waals surface area contributed by atoms with Crippen molar-refractivity contribution in [1.82, 2.24) is 9.55 Å². The fourth-order valence-electron chi connectivity index (χ4n) is 2.92. The number of carbonyl (C=O) groups excluding carboxylic acids is 1. The average Bonchev–Trinajstić information content (AvgIpc) is 2.82. The lowest BCUT2D eigenvalue weighted by Gasteiger charge is -2.31. The third kappa shape index (κ3) is 2.28. The first-order valence-corrected chi connectivity index (χ1v) is 6.63. The minimum atomic E-state index is -0.693. The average molecular weight is 259 g/mol. The van der Waals surface area contributed by atoms with Gasteiger partial charge in [0, 0.05) is 0 Å². The zero-order chi connectivity index (χ0) is 13.2. The maximum atomic E-state index is 11.0. The van der Waals surface area contributed by atoms with E-state index in [-0.39, 0.29) is 12.1 Å². The maximum absolute atomic E-state index is 11.0. The second-order valence-electron chi connectivity index (χ2n) is 4.97. The van der Waals surface area contributed by atoms with Gasteiger partial charge in [0.25, 0.3) is 0 Å². The molecule has 19 heavy (non-hydrogen) atoms. The van der Waals surface area contributed by atoms with Crippen molar-refractivity contribution < 1.29 is 9.53 Å². The number of nitrogens with zero attached hydrogens (tertiary/aromatic N) is 2. The smallest absolute Gasteiger partial charge is 0.404 e. The van der Waals surface area contributed by atoms with Gasteiger partial charge in [-0.2, -0.15) is 0 Å². The van der Waals surface area contributed by atoms with Gasteiger partial charge in [-0.05, 0) is 31.4 Å². The highest BCUT2D eigenvalue weighted by Crippen LogP contribution is 2.33. The number of amides is 1. The van der Waals surface area contributed by atoms with Crippen LogP contribution in [0, 0.1) is 0 Å². The van der Waals surface area contributed by atoms with Crippen LogP contribution in [0.5, 0.6) is 0 Å². The summed E-state index contributed by atoms with van der Waals surface area (Å²) in [6.07, 6.45) is 5.04. The van der Waals surface area contributed by atoms with E-state index >= 15 is 0 Å². The molecule has 5 nitrogen and oxygen atoms in total. The molecular formula is C14H17N3O2. The van der Waals surface area contributed by atoms with Crippen molar-refractivity contribution in [2.24, 2.45) is 5.73 Å². The minimum absolute atomic E-state index is 0.133. The molecule has 1 aromatic heterocycles. The summed E-state index contributed by atoms with van der Waals surface area (Å²) >= 11 is 0. The third-order valence-electron chi connectivity index (χ3n) is 3.77. The van der Waals surface area contributed by atoms with Crippen molar-refractivity contribution in [1.29, 1.82) is 0 Å². The highest BCUT2D eigenvalue weighted by atomic mass is 16.6. The Morgan fingerprint density at radius 1 is 1.32 bits per heavy atom. The summed E-state index contributed by atoms with van der Waals surface area (Å²) in [4.78, 5) is 15.4. The lowest BCUT2D eigenvalue weighted by atomic mass is 9.92. The first kappa shape index (κ1) is 12.0. The molecule has 1 heterocycles. The Balaban J connectivity index is 1.95. The Bertz CT molecular complexity index is 593. The molecule has 1 aliphatic carbocycles. The number of primary amides is 1. The van der Waals surface area contributed by atoms with Crippen LogP contribution in [0.3, 0.4) is 0 Å². The van der Waals surface area contributed by atoms with Gasteiger partial charge in [0.05, 0.1) is 23.4 Å². The fourth-order valence-corrected chi connectivity index (χ4v) is 2.92. The lowest BCUT2D eigenvalue weighted by molar-refractivity contribution is 0.0486. The molecule has 1 saturated carbocycles. The van der Waals surface area contributed by atoms with Crippen molar-refractivity contribution in [3.8, 4) is 0 Å². The number of imidazole rings is 1. The maximum Gasteiger partial charge on any atom is 0.404 e. The number of rotatable bonds is 2. The number of fused-ring (bicyclic) bond motifs is 1. The van der Waals surface area contributed by atoms with Crippen LogP contribution in [-0.2, 0) is 4.74 Å². The van der Waals surface area contributed by atoms with E-state index in [1.54, 1.807) is 0 Å². The highest BCUT2D eigenvalue weighted by Gasteiger charge is 2.29. The topological polar surface area (TPSA) is 70.1 Å². The predicted molar refractivity (Wildman–Crippen MR) is 71.7 cm³/mol. The number of para-hydroxylation sites is 2. The van der Waals surface area contributed by atoms with Crippen molar-refractivity contribution in [3.63, 3.8) is 0 Å². The second kappa shape index (κ2) is 4.91. The van der Waals surface area contributed by atoms with E-state index in [4.69, 9.17) is 10.5 Å². The van der Waals surface area contributed by atoms with Crippen molar-refractivity contribution >= 4 is 17.1 Å². The molecule has 0 saturated heterocycles. The van der Waals surface area contributed by atoms with Gasteiger partial charge in [-0.25, -0.2) is 9.78 Å². The van der Waals surface area contributed by atoms with E-state index in [0.29, 0.717) is 0 Å². The Morgan fingerprint density at radius 2 is 2.11 bits per heavy atom. The van der Waals surface area contributed by atoms with Gasteiger partial charge in [0.2, 0.25) is 0 Å². The van der Waals surface area contributed by atoms with Crippen molar-refractivity contribution in [2.75, 3.05) is 0 Å². The summed E-state index contributed by atoms with van der Waals surface area (Å²) in [7, 11) is 0. The predicted octanol–water partition coefficient (Wildman–Crippen LogP) is 2.62. The van der Waals surface area contributed by atoms with Gasteiger partial charge in [0.15, 0.2) is 0 Å². The molecular weight excluding hydrogens is 242 g/mol. The zero-order valence-electron chi connectivity index (χ0n) is 10.7. The Kier molecular flexibility index (Phi) is 3.11. The molecule has 0 unspecified atom stereocenters. The third-order valence-corrected chi connectivity index (χ3v) is 3.77. The van der Waals surface area contributed by atoms with E-state index in [2.05, 4.69) is 9.55 Å². The quantitative estimate of drug-likeness (QED) is 0.901. The van der Waals surface area contributed by atoms with Crippen LogP contribution < -0.4 is 5.73 Å². The summed E-state index contributed by atoms with van der Waals surface area (Å²) in [5, 5.41) is 0. The number of carbonyl (C=O) groups is 1. The van der Waals surface area contributed by atoms with Crippen LogP contribution in [0.4, 0.5) is 4.79 Å². The van der Waals surface area contributed by atoms with E-state index < -0.39 is 6.09 Å². The molecule has 0 bridgehead atoms. The Hall–Kier alpha value is -2.04. The molecule has 5 heteroatoms. The molecule has 2 N–H and O–H groups in total. The molecule has 0 radical (unpaired) electrons. The van der Waals surface area contributed by atoms with Gasteiger partial charge in [-0.15, -0.1) is 0 Å². The van der Waals surface area contributed by atoms with Crippen LogP contribution in [0.2, 0.25) is 0 Å². The molecule has 0 spiro atoms. The summed E-state index contributed by atoms with van der Waals surface area (Å²) in [5.74, 6) is 0. The molecule has 1 amide bonds. The number of aromatic nitrogens is 2. The first-order chi connectivity index (χ1) is 9.25. The molecule has 2 atom stereocenters. The molecule has 1 aromatic carbocycles. The Morgan fingerprint density at radius 3 is 2.95 bits per heavy atom. The molecule has 0 aliphatic heterocycles. The van der Waals surface area contributed by atoms with Crippen LogP contribution >= 0.6 is 0 Å². The normalized spacial score (nSPS) is 23.4. The minimum Gasteiger partial charge on any atom is -0.444 e. The number of benzene rings is 1. The van der Waals surface area contributed by atoms with Gasteiger partial charge in [0.1, 0.15) is 6.10 Å². The molecule has 2 aromatic rings. The van der Waals surface area contributed by atoms with Gasteiger partial charge in [-0.3, -0.25) is 0 Å². The van der Waals surface area contributed by atoms with Crippen LogP contribution in [0.15, 0.2) is 30.6 Å². The molecule has 1 aliphatic rings. The van der Waals surface area contributed by atoms with Gasteiger partial charge < -0.3 is 15.0 Å². The SMILES string of the molecule is NC(=O)O[C@@H]1CCCC[C@H]1n1cnc2ccccc21. The van der Waals surface area contributed by atoms with Crippen LogP contribution in [0.25, 0.3) is 11.0 Å². The number of nitrogens with two attached hydrogens (primary N) is 1. The monoisotopic (exact) mass is 259 g/mol. The number of hydrogen-bond acceptors (Lipinski definition) is 3. The largest absolute Gasteiger partial charge is 0.444 e. The highest BCUT2D eigenvalue weighted by molar-refractivity contribution is 5.75. The second-order valence-corrected chi connectivity index (χ2v) is 4.97.